The first-order valence-corrected chi connectivity index (χ1v) is 8.80. The van der Waals surface area contributed by atoms with Crippen molar-refractivity contribution in [1.29, 1.82) is 0 Å². The molecule has 3 saturated heterocycles. The second-order valence-electron chi connectivity index (χ2n) is 3.79. The highest BCUT2D eigenvalue weighted by Gasteiger charge is 2.45. The first kappa shape index (κ1) is 11.7. The van der Waals surface area contributed by atoms with Crippen LogP contribution in [0.4, 0.5) is 0 Å². The van der Waals surface area contributed by atoms with Gasteiger partial charge in [0.15, 0.2) is 0 Å². The van der Waals surface area contributed by atoms with Crippen LogP contribution in [-0.4, -0.2) is 69.0 Å². The summed E-state index contributed by atoms with van der Waals surface area (Å²) in [4.78, 5) is 2.26. The summed E-state index contributed by atoms with van der Waals surface area (Å²) in [5.41, 5.74) is 0. The normalized spacial score (nSPS) is 39.1. The monoisotopic (exact) mass is 251 g/mol. The minimum absolute atomic E-state index is 0.424. The molecule has 88 valence electrons. The van der Waals surface area contributed by atoms with E-state index in [1.54, 1.807) is 6.26 Å². The predicted molar refractivity (Wildman–Crippen MR) is 59.0 cm³/mol. The molecule has 7 heteroatoms. The van der Waals surface area contributed by atoms with Gasteiger partial charge in [-0.15, -0.1) is 0 Å². The highest BCUT2D eigenvalue weighted by Crippen LogP contribution is 2.16. The van der Waals surface area contributed by atoms with Crippen LogP contribution in [0.5, 0.6) is 0 Å². The van der Waals surface area contributed by atoms with Gasteiger partial charge in [0, 0.05) is 36.7 Å². The van der Waals surface area contributed by atoms with Crippen LogP contribution in [0.15, 0.2) is 0 Å². The van der Waals surface area contributed by atoms with E-state index in [9.17, 15) is 4.21 Å². The van der Waals surface area contributed by atoms with Crippen molar-refractivity contribution in [3.8, 4) is 0 Å². The van der Waals surface area contributed by atoms with Gasteiger partial charge in [0.1, 0.15) is 0 Å². The molecule has 0 aromatic heterocycles. The van der Waals surface area contributed by atoms with E-state index in [1.807, 2.05) is 0 Å². The highest BCUT2D eigenvalue weighted by atomic mass is 32.2. The zero-order chi connectivity index (χ0) is 10.7. The Morgan fingerprint density at radius 1 is 1.13 bits per heavy atom. The lowest BCUT2D eigenvalue weighted by Gasteiger charge is -2.37. The van der Waals surface area contributed by atoms with Crippen LogP contribution in [-0.2, 0) is 24.1 Å². The third kappa shape index (κ3) is 3.08. The van der Waals surface area contributed by atoms with Crippen LogP contribution < -0.4 is 0 Å². The van der Waals surface area contributed by atoms with Gasteiger partial charge in [-0.25, -0.2) is 0 Å². The fraction of sp³-hybridized carbons (Fsp3) is 1.00. The van der Waals surface area contributed by atoms with E-state index in [0.29, 0.717) is 25.2 Å². The number of rotatable bonds is 2. The van der Waals surface area contributed by atoms with Gasteiger partial charge in [0.05, 0.1) is 25.2 Å². The molecule has 5 nitrogen and oxygen atoms in total. The van der Waals surface area contributed by atoms with Gasteiger partial charge in [0.25, 0.3) is 0 Å². The second-order valence-corrected chi connectivity index (χ2v) is 8.32. The zero-order valence-corrected chi connectivity index (χ0v) is 10.8. The standard InChI is InChI=1S/C8H17NO4SSi/c1-14(10)8-15-11-5-2-9(3-6-12-15)4-7-13-15/h2-8H2,1H3. The molecule has 1 unspecified atom stereocenters. The van der Waals surface area contributed by atoms with Crippen LogP contribution in [0.2, 0.25) is 0 Å². The molecule has 0 aromatic rings. The summed E-state index contributed by atoms with van der Waals surface area (Å²) >= 11 is 0. The first-order valence-electron chi connectivity index (χ1n) is 5.14. The Labute approximate surface area is 93.5 Å². The number of nitrogens with zero attached hydrogens (tertiary/aromatic N) is 1. The third-order valence-corrected chi connectivity index (χ3v) is 7.54. The lowest BCUT2D eigenvalue weighted by molar-refractivity contribution is -0.00455. The summed E-state index contributed by atoms with van der Waals surface area (Å²) < 4.78 is 28.4. The molecule has 0 amide bonds. The SMILES string of the molecule is CS(=O)C[Si]12OCCN(CCO1)CCO2. The van der Waals surface area contributed by atoms with Crippen LogP contribution in [0.3, 0.4) is 0 Å². The molecule has 3 aliphatic rings. The molecule has 15 heavy (non-hydrogen) atoms. The molecule has 3 rings (SSSR count). The molecule has 0 aliphatic carbocycles. The maximum absolute atomic E-state index is 11.3. The molecule has 3 aliphatic heterocycles. The van der Waals surface area contributed by atoms with Gasteiger partial charge in [-0.2, -0.15) is 0 Å². The lowest BCUT2D eigenvalue weighted by Crippen LogP contribution is -2.58. The van der Waals surface area contributed by atoms with Gasteiger partial charge in [-0.1, -0.05) is 0 Å². The summed E-state index contributed by atoms with van der Waals surface area (Å²) in [5.74, 6) is 0. The maximum Gasteiger partial charge on any atom is 0.514 e. The topological polar surface area (TPSA) is 48.0 Å². The minimum Gasteiger partial charge on any atom is -0.372 e. The Hall–Kier alpha value is 0.207. The number of fused-ring (bicyclic) bond motifs is 6. The maximum atomic E-state index is 11.3. The average Bonchev–Trinajstić information content (AvgIpc) is 2.05. The van der Waals surface area contributed by atoms with Crippen molar-refractivity contribution in [1.82, 2.24) is 4.90 Å². The van der Waals surface area contributed by atoms with Gasteiger partial charge >= 0.3 is 8.80 Å². The van der Waals surface area contributed by atoms with Crippen molar-refractivity contribution in [2.75, 3.05) is 51.1 Å². The van der Waals surface area contributed by atoms with Crippen molar-refractivity contribution in [3.63, 3.8) is 0 Å². The molecule has 0 radical (unpaired) electrons. The Kier molecular flexibility index (Phi) is 3.91. The van der Waals surface area contributed by atoms with Crippen LogP contribution >= 0.6 is 0 Å². The van der Waals surface area contributed by atoms with Crippen LogP contribution in [0.25, 0.3) is 0 Å². The molecule has 0 aromatic carbocycles. The molecule has 1 atom stereocenters. The van der Waals surface area contributed by atoms with E-state index in [-0.39, 0.29) is 0 Å². The number of hydrogen-bond acceptors (Lipinski definition) is 5. The van der Waals surface area contributed by atoms with Crippen molar-refractivity contribution >= 4 is 19.6 Å². The third-order valence-electron chi connectivity index (χ3n) is 2.57. The van der Waals surface area contributed by atoms with Gasteiger partial charge in [0.2, 0.25) is 0 Å². The van der Waals surface area contributed by atoms with Crippen molar-refractivity contribution in [3.05, 3.63) is 0 Å². The summed E-state index contributed by atoms with van der Waals surface area (Å²) in [6.07, 6.45) is 1.67. The average molecular weight is 251 g/mol. The summed E-state index contributed by atoms with van der Waals surface area (Å²) in [5, 5.41) is 0.424. The van der Waals surface area contributed by atoms with E-state index in [0.717, 1.165) is 19.6 Å². The predicted octanol–water partition coefficient (Wildman–Crippen LogP) is -0.778. The van der Waals surface area contributed by atoms with Crippen molar-refractivity contribution < 1.29 is 17.5 Å². The Morgan fingerprint density at radius 3 is 2.00 bits per heavy atom. The van der Waals surface area contributed by atoms with Gasteiger partial charge in [-0.05, 0) is 0 Å². The molecule has 0 saturated carbocycles. The van der Waals surface area contributed by atoms with E-state index in [1.165, 1.54) is 0 Å². The highest BCUT2D eigenvalue weighted by molar-refractivity contribution is 7.85. The van der Waals surface area contributed by atoms with Crippen molar-refractivity contribution in [2.24, 2.45) is 0 Å². The molecular formula is C8H17NO4SSi. The summed E-state index contributed by atoms with van der Waals surface area (Å²) in [6, 6.07) is 0. The molecule has 0 N–H and O–H groups in total. The largest absolute Gasteiger partial charge is 0.514 e. The Balaban J connectivity index is 2.08. The van der Waals surface area contributed by atoms with Gasteiger partial charge < -0.3 is 13.3 Å². The fourth-order valence-electron chi connectivity index (χ4n) is 1.83. The molecule has 0 spiro atoms. The minimum atomic E-state index is -2.62. The van der Waals surface area contributed by atoms with Gasteiger partial charge in [-0.3, -0.25) is 9.11 Å². The van der Waals surface area contributed by atoms with E-state index < -0.39 is 19.6 Å². The van der Waals surface area contributed by atoms with Crippen LogP contribution in [0.1, 0.15) is 0 Å². The Bertz CT molecular complexity index is 226. The van der Waals surface area contributed by atoms with Crippen molar-refractivity contribution in [2.45, 2.75) is 0 Å². The fourth-order valence-corrected chi connectivity index (χ4v) is 6.27. The molecule has 3 fully saturated rings. The lowest BCUT2D eigenvalue weighted by atomic mass is 10.4. The zero-order valence-electron chi connectivity index (χ0n) is 8.94. The molecular weight excluding hydrogens is 234 g/mol. The summed E-state index contributed by atoms with van der Waals surface area (Å²) in [7, 11) is -3.54. The first-order chi connectivity index (χ1) is 7.20. The smallest absolute Gasteiger partial charge is 0.372 e. The summed E-state index contributed by atoms with van der Waals surface area (Å²) in [6.45, 7) is 4.67. The quantitative estimate of drug-likeness (QED) is 0.603. The van der Waals surface area contributed by atoms with E-state index in [4.69, 9.17) is 13.3 Å². The number of hydrogen-bond donors (Lipinski definition) is 0. The second kappa shape index (κ2) is 5.02. The van der Waals surface area contributed by atoms with E-state index >= 15 is 0 Å². The molecule has 3 heterocycles. The van der Waals surface area contributed by atoms with Crippen LogP contribution in [0, 0.1) is 0 Å². The molecule has 2 bridgehead atoms. The van der Waals surface area contributed by atoms with E-state index in [2.05, 4.69) is 4.90 Å². The Morgan fingerprint density at radius 2 is 1.60 bits per heavy atom.